The first kappa shape index (κ1) is 7.39. The maximum absolute atomic E-state index is 8.39. The zero-order valence-electron chi connectivity index (χ0n) is 4.37. The summed E-state index contributed by atoms with van der Waals surface area (Å²) >= 11 is 0. The summed E-state index contributed by atoms with van der Waals surface area (Å²) in [7, 11) is 0. The van der Waals surface area contributed by atoms with E-state index >= 15 is 0 Å². The van der Waals surface area contributed by atoms with Gasteiger partial charge in [0.05, 0.1) is 6.10 Å². The minimum atomic E-state index is -0.250. The van der Waals surface area contributed by atoms with Gasteiger partial charge < -0.3 is 15.5 Å². The van der Waals surface area contributed by atoms with E-state index in [1.165, 1.54) is 0 Å². The third-order valence-electron chi connectivity index (χ3n) is 0.760. The predicted octanol–water partition coefficient (Wildman–Crippen LogP) is -1.35. The predicted molar refractivity (Wildman–Crippen MR) is 27.6 cm³/mol. The number of carbonyl (C=O) groups is 1. The Labute approximate surface area is 47.1 Å². The first-order chi connectivity index (χ1) is 3.81. The highest BCUT2D eigenvalue weighted by molar-refractivity contribution is 5.32. The largest absolute Gasteiger partial charge is 0.483 e. The number of hydrogen-bond donors (Lipinski definition) is 3. The molecule has 0 aromatic heterocycles. The van der Waals surface area contributed by atoms with Crippen molar-refractivity contribution in [3.8, 4) is 0 Å². The molecule has 0 bridgehead atoms. The molecular weight excluding hydrogens is 110 g/mol. The smallest absolute Gasteiger partial charge is 0.290 e. The minimum absolute atomic E-state index is 0.0463. The van der Waals surface area contributed by atoms with Gasteiger partial charge in [-0.15, -0.1) is 0 Å². The summed E-state index contributed by atoms with van der Waals surface area (Å²) < 4.78 is 0. The van der Waals surface area contributed by atoms with Crippen molar-refractivity contribution >= 4 is 6.47 Å². The molecule has 0 unspecified atom stereocenters. The van der Waals surface area contributed by atoms with Crippen LogP contribution >= 0.6 is 0 Å². The van der Waals surface area contributed by atoms with Crippen LogP contribution in [0.15, 0.2) is 0 Å². The highest BCUT2D eigenvalue weighted by atomic mass is 16.3. The molecule has 3 N–H and O–H groups in total. The summed E-state index contributed by atoms with van der Waals surface area (Å²) in [5.74, 6) is 0. The maximum Gasteiger partial charge on any atom is 0.290 e. The van der Waals surface area contributed by atoms with Gasteiger partial charge in [0.25, 0.3) is 6.47 Å². The standard InChI is InChI=1S/C3H7NO.CH2O2/c5-3-1-4-2-3;2-1-3/h3-5H,1-2H2;1H,(H,2,3). The van der Waals surface area contributed by atoms with Gasteiger partial charge in [-0.25, -0.2) is 0 Å². The van der Waals surface area contributed by atoms with Gasteiger partial charge in [-0.1, -0.05) is 0 Å². The number of rotatable bonds is 0. The van der Waals surface area contributed by atoms with Crippen LogP contribution in [-0.2, 0) is 4.79 Å². The molecule has 4 heteroatoms. The first-order valence-electron chi connectivity index (χ1n) is 2.28. The van der Waals surface area contributed by atoms with E-state index in [4.69, 9.17) is 15.0 Å². The van der Waals surface area contributed by atoms with E-state index in [2.05, 4.69) is 5.32 Å². The second kappa shape index (κ2) is 4.55. The molecule has 1 aliphatic rings. The Morgan fingerprint density at radius 1 is 1.62 bits per heavy atom. The highest BCUT2D eigenvalue weighted by Gasteiger charge is 2.10. The maximum atomic E-state index is 8.39. The molecule has 1 aliphatic heterocycles. The van der Waals surface area contributed by atoms with E-state index < -0.39 is 0 Å². The summed E-state index contributed by atoms with van der Waals surface area (Å²) in [6.45, 7) is 1.33. The molecule has 0 spiro atoms. The third-order valence-corrected chi connectivity index (χ3v) is 0.760. The van der Waals surface area contributed by atoms with Crippen molar-refractivity contribution in [1.82, 2.24) is 5.32 Å². The molecule has 48 valence electrons. The van der Waals surface area contributed by atoms with E-state index in [-0.39, 0.29) is 12.6 Å². The van der Waals surface area contributed by atoms with Crippen molar-refractivity contribution in [2.45, 2.75) is 6.10 Å². The number of aliphatic hydroxyl groups excluding tert-OH is 1. The Balaban J connectivity index is 0.000000145. The summed E-state index contributed by atoms with van der Waals surface area (Å²) in [4.78, 5) is 8.36. The van der Waals surface area contributed by atoms with Crippen LogP contribution < -0.4 is 5.32 Å². The Bertz CT molecular complexity index is 62.3. The molecule has 0 atom stereocenters. The normalized spacial score (nSPS) is 17.6. The lowest BCUT2D eigenvalue weighted by Crippen LogP contribution is -2.46. The molecule has 0 aromatic rings. The van der Waals surface area contributed by atoms with Crippen molar-refractivity contribution in [2.75, 3.05) is 13.1 Å². The molecule has 0 saturated carbocycles. The van der Waals surface area contributed by atoms with Gasteiger partial charge in [0.15, 0.2) is 0 Å². The average molecular weight is 119 g/mol. The lowest BCUT2D eigenvalue weighted by Gasteiger charge is -2.20. The lowest BCUT2D eigenvalue weighted by molar-refractivity contribution is -0.122. The molecule has 4 nitrogen and oxygen atoms in total. The van der Waals surface area contributed by atoms with Gasteiger partial charge in [-0.3, -0.25) is 4.79 Å². The van der Waals surface area contributed by atoms with Gasteiger partial charge in [0, 0.05) is 13.1 Å². The summed E-state index contributed by atoms with van der Waals surface area (Å²) in [6.07, 6.45) is -0.0463. The topological polar surface area (TPSA) is 69.6 Å². The number of hydrogen-bond acceptors (Lipinski definition) is 3. The van der Waals surface area contributed by atoms with Crippen LogP contribution in [-0.4, -0.2) is 35.9 Å². The van der Waals surface area contributed by atoms with Gasteiger partial charge >= 0.3 is 0 Å². The Morgan fingerprint density at radius 2 is 1.88 bits per heavy atom. The van der Waals surface area contributed by atoms with Gasteiger partial charge in [0.2, 0.25) is 0 Å². The van der Waals surface area contributed by atoms with Crippen LogP contribution in [0.2, 0.25) is 0 Å². The number of aliphatic hydroxyl groups is 1. The van der Waals surface area contributed by atoms with E-state index in [0.29, 0.717) is 0 Å². The van der Waals surface area contributed by atoms with Crippen molar-refractivity contribution in [3.63, 3.8) is 0 Å². The van der Waals surface area contributed by atoms with E-state index in [0.717, 1.165) is 13.1 Å². The fourth-order valence-corrected chi connectivity index (χ4v) is 0.273. The molecule has 8 heavy (non-hydrogen) atoms. The van der Waals surface area contributed by atoms with Crippen LogP contribution in [0.1, 0.15) is 0 Å². The number of nitrogens with one attached hydrogen (secondary N) is 1. The number of carboxylic acid groups (broad SMARTS) is 1. The molecule has 0 radical (unpaired) electrons. The molecule has 1 rings (SSSR count). The second-order valence-corrected chi connectivity index (χ2v) is 1.42. The van der Waals surface area contributed by atoms with Crippen molar-refractivity contribution in [2.24, 2.45) is 0 Å². The number of β-amino-alcohol motifs (C(OH)–C–C–N with tert-alkyl or cyclic N) is 1. The highest BCUT2D eigenvalue weighted by Crippen LogP contribution is 1.85. The van der Waals surface area contributed by atoms with Gasteiger partial charge in [-0.2, -0.15) is 0 Å². The Morgan fingerprint density at radius 3 is 1.88 bits per heavy atom. The second-order valence-electron chi connectivity index (χ2n) is 1.42. The zero-order valence-corrected chi connectivity index (χ0v) is 4.37. The third kappa shape index (κ3) is 3.58. The van der Waals surface area contributed by atoms with Crippen LogP contribution in [0.25, 0.3) is 0 Å². The average Bonchev–Trinajstić information content (AvgIpc) is 1.64. The molecule has 1 fully saturated rings. The molecule has 0 aliphatic carbocycles. The summed E-state index contributed by atoms with van der Waals surface area (Å²) in [5.41, 5.74) is 0. The quantitative estimate of drug-likeness (QED) is 0.345. The summed E-state index contributed by atoms with van der Waals surface area (Å²) in [5, 5.41) is 18.2. The van der Waals surface area contributed by atoms with Gasteiger partial charge in [0.1, 0.15) is 0 Å². The fourth-order valence-electron chi connectivity index (χ4n) is 0.273. The van der Waals surface area contributed by atoms with E-state index in [9.17, 15) is 0 Å². The van der Waals surface area contributed by atoms with Crippen LogP contribution in [0.4, 0.5) is 0 Å². The Hall–Kier alpha value is -0.610. The lowest BCUT2D eigenvalue weighted by atomic mass is 10.2. The van der Waals surface area contributed by atoms with Crippen molar-refractivity contribution in [1.29, 1.82) is 0 Å². The Kier molecular flexibility index (Phi) is 4.20. The molecule has 0 aromatic carbocycles. The van der Waals surface area contributed by atoms with Crippen LogP contribution in [0.3, 0.4) is 0 Å². The fraction of sp³-hybridized carbons (Fsp3) is 0.750. The van der Waals surface area contributed by atoms with Crippen molar-refractivity contribution < 1.29 is 15.0 Å². The molecule has 0 amide bonds. The summed E-state index contributed by atoms with van der Waals surface area (Å²) in [6, 6.07) is 0. The SMILES string of the molecule is O=CO.OC1CNC1. The van der Waals surface area contributed by atoms with Gasteiger partial charge in [-0.05, 0) is 0 Å². The zero-order chi connectivity index (χ0) is 6.41. The van der Waals surface area contributed by atoms with Crippen molar-refractivity contribution in [3.05, 3.63) is 0 Å². The molecule has 1 saturated heterocycles. The molecular formula is C4H9NO3. The molecule has 1 heterocycles. The van der Waals surface area contributed by atoms with Crippen LogP contribution in [0.5, 0.6) is 0 Å². The van der Waals surface area contributed by atoms with E-state index in [1.807, 2.05) is 0 Å². The minimum Gasteiger partial charge on any atom is -0.483 e. The van der Waals surface area contributed by atoms with E-state index in [1.54, 1.807) is 0 Å². The monoisotopic (exact) mass is 119 g/mol. The van der Waals surface area contributed by atoms with Crippen LogP contribution in [0, 0.1) is 0 Å². The first-order valence-corrected chi connectivity index (χ1v) is 2.28.